The van der Waals surface area contributed by atoms with Gasteiger partial charge < -0.3 is 9.84 Å². The summed E-state index contributed by atoms with van der Waals surface area (Å²) in [7, 11) is 0. The predicted molar refractivity (Wildman–Crippen MR) is 60.4 cm³/mol. The molecule has 0 aliphatic heterocycles. The van der Waals surface area contributed by atoms with Crippen molar-refractivity contribution < 1.29 is 19.0 Å². The van der Waals surface area contributed by atoms with Crippen molar-refractivity contribution in [3.63, 3.8) is 0 Å². The van der Waals surface area contributed by atoms with E-state index in [2.05, 4.69) is 0 Å². The summed E-state index contributed by atoms with van der Waals surface area (Å²) >= 11 is 0. The molecule has 0 radical (unpaired) electrons. The number of carboxylic acid groups (broad SMARTS) is 1. The Balaban J connectivity index is 1.86. The van der Waals surface area contributed by atoms with E-state index in [1.54, 1.807) is 6.07 Å². The van der Waals surface area contributed by atoms with Crippen molar-refractivity contribution in [1.29, 1.82) is 0 Å². The predicted octanol–water partition coefficient (Wildman–Crippen LogP) is 2.84. The van der Waals surface area contributed by atoms with Crippen LogP contribution in [0.1, 0.15) is 35.2 Å². The first-order valence-corrected chi connectivity index (χ1v) is 5.76. The Labute approximate surface area is 99.2 Å². The van der Waals surface area contributed by atoms with Crippen LogP contribution >= 0.6 is 0 Å². The molecule has 0 amide bonds. The minimum atomic E-state index is -1.25. The number of benzene rings is 1. The molecule has 0 atom stereocenters. The summed E-state index contributed by atoms with van der Waals surface area (Å²) in [6, 6.07) is 4.05. The van der Waals surface area contributed by atoms with Crippen LogP contribution in [0.5, 0.6) is 0 Å². The highest BCUT2D eigenvalue weighted by Gasteiger charge is 2.20. The summed E-state index contributed by atoms with van der Waals surface area (Å²) in [5.41, 5.74) is 0.396. The first-order valence-electron chi connectivity index (χ1n) is 5.76. The minimum Gasteiger partial charge on any atom is -0.478 e. The van der Waals surface area contributed by atoms with Crippen LogP contribution in [0.2, 0.25) is 0 Å². The lowest BCUT2D eigenvalue weighted by molar-refractivity contribution is 0.0691. The Morgan fingerprint density at radius 1 is 1.47 bits per heavy atom. The Morgan fingerprint density at radius 2 is 2.24 bits per heavy atom. The van der Waals surface area contributed by atoms with Crippen LogP contribution in [-0.4, -0.2) is 17.7 Å². The van der Waals surface area contributed by atoms with E-state index in [0.717, 1.165) is 12.3 Å². The fourth-order valence-corrected chi connectivity index (χ4v) is 1.67. The second-order valence-electron chi connectivity index (χ2n) is 4.40. The van der Waals surface area contributed by atoms with Crippen molar-refractivity contribution >= 4 is 5.97 Å². The third-order valence-corrected chi connectivity index (χ3v) is 2.90. The fourth-order valence-electron chi connectivity index (χ4n) is 1.67. The molecule has 0 aromatic heterocycles. The van der Waals surface area contributed by atoms with Gasteiger partial charge in [-0.3, -0.25) is 0 Å². The molecule has 3 nitrogen and oxygen atoms in total. The van der Waals surface area contributed by atoms with Crippen LogP contribution < -0.4 is 0 Å². The van der Waals surface area contributed by atoms with Crippen LogP contribution in [0.25, 0.3) is 0 Å². The molecular formula is C13H15FO3. The summed E-state index contributed by atoms with van der Waals surface area (Å²) < 4.78 is 18.5. The van der Waals surface area contributed by atoms with Crippen LogP contribution in [0, 0.1) is 11.7 Å². The van der Waals surface area contributed by atoms with Gasteiger partial charge in [0.2, 0.25) is 0 Å². The molecule has 0 spiro atoms. The van der Waals surface area contributed by atoms with E-state index in [1.165, 1.54) is 25.0 Å². The quantitative estimate of drug-likeness (QED) is 0.775. The highest BCUT2D eigenvalue weighted by Crippen LogP contribution is 2.32. The van der Waals surface area contributed by atoms with Gasteiger partial charge in [0.1, 0.15) is 5.82 Å². The molecule has 0 heterocycles. The normalized spacial score (nSPS) is 14.9. The lowest BCUT2D eigenvalue weighted by Gasteiger charge is -2.05. The van der Waals surface area contributed by atoms with Crippen molar-refractivity contribution in [3.05, 3.63) is 35.1 Å². The average molecular weight is 238 g/mol. The molecule has 1 aliphatic rings. The van der Waals surface area contributed by atoms with Gasteiger partial charge in [-0.15, -0.1) is 0 Å². The lowest BCUT2D eigenvalue weighted by Crippen LogP contribution is -2.03. The smallest absolute Gasteiger partial charge is 0.338 e. The van der Waals surface area contributed by atoms with E-state index in [0.29, 0.717) is 18.8 Å². The number of hydrogen-bond donors (Lipinski definition) is 1. The zero-order chi connectivity index (χ0) is 12.3. The molecule has 0 bridgehead atoms. The molecule has 17 heavy (non-hydrogen) atoms. The zero-order valence-electron chi connectivity index (χ0n) is 9.49. The van der Waals surface area contributed by atoms with Gasteiger partial charge in [-0.2, -0.15) is 0 Å². The molecule has 1 aliphatic carbocycles. The second-order valence-corrected chi connectivity index (χ2v) is 4.40. The summed E-state index contributed by atoms with van der Waals surface area (Å²) in [4.78, 5) is 10.7. The molecule has 1 aromatic rings. The number of carbonyl (C=O) groups is 1. The van der Waals surface area contributed by atoms with Crippen molar-refractivity contribution in [3.8, 4) is 0 Å². The molecule has 0 saturated heterocycles. The van der Waals surface area contributed by atoms with E-state index in [1.807, 2.05) is 0 Å². The minimum absolute atomic E-state index is 0.298. The zero-order valence-corrected chi connectivity index (χ0v) is 9.49. The summed E-state index contributed by atoms with van der Waals surface area (Å²) in [6.07, 6.45) is 3.65. The van der Waals surface area contributed by atoms with Crippen LogP contribution in [-0.2, 0) is 11.3 Å². The number of carboxylic acids is 1. The standard InChI is InChI=1S/C13H15FO3/c14-12-4-3-10(7-11(12)13(15)16)8-17-6-5-9-1-2-9/h3-4,7,9H,1-2,5-6,8H2,(H,15,16). The summed E-state index contributed by atoms with van der Waals surface area (Å²) in [5.74, 6) is -1.14. The number of hydrogen-bond acceptors (Lipinski definition) is 2. The fraction of sp³-hybridized carbons (Fsp3) is 0.462. The van der Waals surface area contributed by atoms with Crippen molar-refractivity contribution in [2.75, 3.05) is 6.61 Å². The highest BCUT2D eigenvalue weighted by atomic mass is 19.1. The maximum atomic E-state index is 13.1. The second kappa shape index (κ2) is 5.27. The highest BCUT2D eigenvalue weighted by molar-refractivity contribution is 5.88. The van der Waals surface area contributed by atoms with Gasteiger partial charge in [-0.05, 0) is 30.0 Å². The van der Waals surface area contributed by atoms with Gasteiger partial charge in [0, 0.05) is 6.61 Å². The topological polar surface area (TPSA) is 46.5 Å². The Kier molecular flexibility index (Phi) is 3.74. The Morgan fingerprint density at radius 3 is 2.88 bits per heavy atom. The number of halogens is 1. The van der Waals surface area contributed by atoms with E-state index < -0.39 is 11.8 Å². The molecule has 1 fully saturated rings. The van der Waals surface area contributed by atoms with Gasteiger partial charge in [-0.25, -0.2) is 9.18 Å². The van der Waals surface area contributed by atoms with Gasteiger partial charge in [0.05, 0.1) is 12.2 Å². The molecule has 1 saturated carbocycles. The van der Waals surface area contributed by atoms with Crippen LogP contribution in [0.3, 0.4) is 0 Å². The third kappa shape index (κ3) is 3.53. The van der Waals surface area contributed by atoms with Crippen LogP contribution in [0.4, 0.5) is 4.39 Å². The maximum Gasteiger partial charge on any atom is 0.338 e. The monoisotopic (exact) mass is 238 g/mol. The van der Waals surface area contributed by atoms with Crippen molar-refractivity contribution in [2.45, 2.75) is 25.9 Å². The first-order chi connectivity index (χ1) is 8.16. The SMILES string of the molecule is O=C(O)c1cc(COCCC2CC2)ccc1F. The van der Waals surface area contributed by atoms with Crippen LogP contribution in [0.15, 0.2) is 18.2 Å². The molecule has 1 N–H and O–H groups in total. The largest absolute Gasteiger partial charge is 0.478 e. The van der Waals surface area contributed by atoms with Gasteiger partial charge in [0.15, 0.2) is 0 Å². The lowest BCUT2D eigenvalue weighted by atomic mass is 10.1. The van der Waals surface area contributed by atoms with E-state index >= 15 is 0 Å². The van der Waals surface area contributed by atoms with Gasteiger partial charge in [0.25, 0.3) is 0 Å². The molecule has 2 rings (SSSR count). The molecule has 92 valence electrons. The molecular weight excluding hydrogens is 223 g/mol. The Bertz CT molecular complexity index is 413. The number of ether oxygens (including phenoxy) is 1. The summed E-state index contributed by atoms with van der Waals surface area (Å²) in [6.45, 7) is 1.03. The first kappa shape index (κ1) is 12.0. The van der Waals surface area contributed by atoms with Crippen molar-refractivity contribution in [1.82, 2.24) is 0 Å². The molecule has 0 unspecified atom stereocenters. The number of aromatic carboxylic acids is 1. The third-order valence-electron chi connectivity index (χ3n) is 2.90. The molecule has 4 heteroatoms. The van der Waals surface area contributed by atoms with E-state index in [-0.39, 0.29) is 5.56 Å². The van der Waals surface area contributed by atoms with Gasteiger partial charge >= 0.3 is 5.97 Å². The van der Waals surface area contributed by atoms with Gasteiger partial charge in [-0.1, -0.05) is 18.9 Å². The average Bonchev–Trinajstić information content (AvgIpc) is 3.10. The Hall–Kier alpha value is -1.42. The summed E-state index contributed by atoms with van der Waals surface area (Å²) in [5, 5.41) is 8.76. The number of rotatable bonds is 6. The van der Waals surface area contributed by atoms with E-state index in [4.69, 9.17) is 9.84 Å². The van der Waals surface area contributed by atoms with Crippen molar-refractivity contribution in [2.24, 2.45) is 5.92 Å². The molecule has 1 aromatic carbocycles. The maximum absolute atomic E-state index is 13.1. The van der Waals surface area contributed by atoms with E-state index in [9.17, 15) is 9.18 Å².